The summed E-state index contributed by atoms with van der Waals surface area (Å²) in [7, 11) is 0. The van der Waals surface area contributed by atoms with Gasteiger partial charge in [0, 0.05) is 11.6 Å². The van der Waals surface area contributed by atoms with E-state index in [0.717, 1.165) is 23.0 Å². The third kappa shape index (κ3) is 4.91. The Balaban J connectivity index is 1.36. The highest BCUT2D eigenvalue weighted by Gasteiger charge is 2.42. The van der Waals surface area contributed by atoms with Crippen LogP contribution in [0.15, 0.2) is 18.2 Å². The van der Waals surface area contributed by atoms with Gasteiger partial charge in [-0.2, -0.15) is 0 Å². The van der Waals surface area contributed by atoms with E-state index in [-0.39, 0.29) is 31.0 Å². The molecule has 0 aromatic heterocycles. The molecule has 6 nitrogen and oxygen atoms in total. The lowest BCUT2D eigenvalue weighted by atomic mass is 9.84. The molecular weight excluding hydrogens is 356 g/mol. The van der Waals surface area contributed by atoms with Crippen LogP contribution in [0.4, 0.5) is 0 Å². The van der Waals surface area contributed by atoms with Crippen molar-refractivity contribution in [3.63, 3.8) is 0 Å². The fourth-order valence-corrected chi connectivity index (χ4v) is 4.64. The number of fused-ring (bicyclic) bond motifs is 2. The van der Waals surface area contributed by atoms with Crippen molar-refractivity contribution in [2.75, 3.05) is 13.2 Å². The first kappa shape index (κ1) is 20.4. The molecule has 4 atom stereocenters. The van der Waals surface area contributed by atoms with Crippen LogP contribution in [-0.2, 0) is 14.3 Å². The maximum atomic E-state index is 12.1. The monoisotopic (exact) mass is 386 g/mol. The normalized spacial score (nSPS) is 23.9. The quantitative estimate of drug-likeness (QED) is 0.705. The van der Waals surface area contributed by atoms with E-state index < -0.39 is 5.97 Å². The molecule has 2 N–H and O–H groups in total. The van der Waals surface area contributed by atoms with E-state index in [1.54, 1.807) is 12.1 Å². The second-order valence-electron chi connectivity index (χ2n) is 8.34. The summed E-state index contributed by atoms with van der Waals surface area (Å²) in [6, 6.07) is 5.46. The number of rotatable bonds is 7. The Labute approximate surface area is 166 Å². The molecule has 0 radical (unpaired) electrons. The predicted octanol–water partition coefficient (Wildman–Crippen LogP) is 2.52. The van der Waals surface area contributed by atoms with Crippen molar-refractivity contribution in [1.82, 2.24) is 10.6 Å². The molecule has 2 fully saturated rings. The van der Waals surface area contributed by atoms with Crippen molar-refractivity contribution in [2.45, 2.75) is 52.5 Å². The minimum absolute atomic E-state index is 0.103. The van der Waals surface area contributed by atoms with E-state index in [1.165, 1.54) is 25.7 Å². The highest BCUT2D eigenvalue weighted by molar-refractivity contribution is 5.96. The number of ether oxygens (including phenoxy) is 1. The smallest absolute Gasteiger partial charge is 0.325 e. The number of carbonyl (C=O) groups excluding carboxylic acids is 3. The van der Waals surface area contributed by atoms with E-state index in [2.05, 4.69) is 10.6 Å². The molecule has 28 heavy (non-hydrogen) atoms. The number of esters is 1. The van der Waals surface area contributed by atoms with Gasteiger partial charge in [0.2, 0.25) is 0 Å². The third-order valence-electron chi connectivity index (χ3n) is 6.35. The van der Waals surface area contributed by atoms with Crippen LogP contribution in [0, 0.1) is 31.6 Å². The second-order valence-corrected chi connectivity index (χ2v) is 8.34. The van der Waals surface area contributed by atoms with E-state index in [4.69, 9.17) is 4.74 Å². The molecule has 1 aromatic rings. The zero-order valence-electron chi connectivity index (χ0n) is 16.9. The van der Waals surface area contributed by atoms with Crippen LogP contribution in [0.1, 0.15) is 54.1 Å². The van der Waals surface area contributed by atoms with E-state index in [9.17, 15) is 14.4 Å². The molecule has 1 aromatic carbocycles. The molecule has 2 amide bonds. The van der Waals surface area contributed by atoms with Crippen molar-refractivity contribution >= 4 is 17.8 Å². The van der Waals surface area contributed by atoms with Crippen LogP contribution in [0.5, 0.6) is 0 Å². The fourth-order valence-electron chi connectivity index (χ4n) is 4.64. The van der Waals surface area contributed by atoms with Crippen LogP contribution < -0.4 is 10.6 Å². The van der Waals surface area contributed by atoms with Gasteiger partial charge in [-0.15, -0.1) is 0 Å². The summed E-state index contributed by atoms with van der Waals surface area (Å²) >= 11 is 0. The highest BCUT2D eigenvalue weighted by atomic mass is 16.5. The summed E-state index contributed by atoms with van der Waals surface area (Å²) < 4.78 is 4.99. The maximum Gasteiger partial charge on any atom is 0.325 e. The molecule has 0 heterocycles. The number of hydrogen-bond donors (Lipinski definition) is 2. The number of benzene rings is 1. The molecule has 0 spiro atoms. The number of amides is 2. The lowest BCUT2D eigenvalue weighted by molar-refractivity contribution is -0.147. The molecule has 2 bridgehead atoms. The van der Waals surface area contributed by atoms with Crippen LogP contribution in [0.25, 0.3) is 0 Å². The Bertz CT molecular complexity index is 761. The van der Waals surface area contributed by atoms with Crippen molar-refractivity contribution in [1.29, 1.82) is 0 Å². The molecule has 0 saturated heterocycles. The SMILES string of the molecule is Cc1ccc(C(=O)NCC(=O)OCC(=O)N[C@H](C)[C@H]2C[C@H]3CC[C@H]2C3)cc1C. The zero-order valence-corrected chi connectivity index (χ0v) is 16.9. The van der Waals surface area contributed by atoms with E-state index >= 15 is 0 Å². The Morgan fingerprint density at radius 1 is 1.14 bits per heavy atom. The third-order valence-corrected chi connectivity index (χ3v) is 6.35. The molecule has 0 aliphatic heterocycles. The van der Waals surface area contributed by atoms with Crippen molar-refractivity contribution in [2.24, 2.45) is 17.8 Å². The van der Waals surface area contributed by atoms with Gasteiger partial charge < -0.3 is 15.4 Å². The van der Waals surface area contributed by atoms with Crippen LogP contribution in [0.2, 0.25) is 0 Å². The van der Waals surface area contributed by atoms with Gasteiger partial charge in [0.15, 0.2) is 6.61 Å². The van der Waals surface area contributed by atoms with E-state index in [1.807, 2.05) is 26.8 Å². The van der Waals surface area contributed by atoms with Gasteiger partial charge in [-0.3, -0.25) is 14.4 Å². The summed E-state index contributed by atoms with van der Waals surface area (Å²) in [4.78, 5) is 36.0. The zero-order chi connectivity index (χ0) is 20.3. The van der Waals surface area contributed by atoms with Crippen molar-refractivity contribution in [3.05, 3.63) is 34.9 Å². The molecule has 2 aliphatic carbocycles. The van der Waals surface area contributed by atoms with Crippen molar-refractivity contribution < 1.29 is 19.1 Å². The minimum atomic E-state index is -0.625. The Morgan fingerprint density at radius 2 is 1.93 bits per heavy atom. The van der Waals surface area contributed by atoms with Gasteiger partial charge in [-0.25, -0.2) is 0 Å². The molecule has 3 rings (SSSR count). The summed E-state index contributed by atoms with van der Waals surface area (Å²) in [6.07, 6.45) is 5.08. The number of aryl methyl sites for hydroxylation is 2. The predicted molar refractivity (Wildman–Crippen MR) is 106 cm³/mol. The van der Waals surface area contributed by atoms with Gasteiger partial charge in [0.05, 0.1) is 0 Å². The number of hydrogen-bond acceptors (Lipinski definition) is 4. The lowest BCUT2D eigenvalue weighted by Gasteiger charge is -2.28. The fraction of sp³-hybridized carbons (Fsp3) is 0.591. The summed E-state index contributed by atoms with van der Waals surface area (Å²) in [6.45, 7) is 5.35. The van der Waals surface area contributed by atoms with Gasteiger partial charge in [-0.05, 0) is 81.0 Å². The molecule has 0 unspecified atom stereocenters. The average Bonchev–Trinajstić information content (AvgIpc) is 3.30. The number of nitrogens with one attached hydrogen (secondary N) is 2. The Kier molecular flexibility index (Phi) is 6.37. The molecule has 6 heteroatoms. The first-order valence-corrected chi connectivity index (χ1v) is 10.1. The second kappa shape index (κ2) is 8.76. The molecular formula is C22H30N2O4. The first-order chi connectivity index (χ1) is 13.3. The van der Waals surface area contributed by atoms with Gasteiger partial charge in [0.25, 0.3) is 11.8 Å². The lowest BCUT2D eigenvalue weighted by Crippen LogP contribution is -2.42. The molecule has 2 saturated carbocycles. The summed E-state index contributed by atoms with van der Waals surface area (Å²) in [5, 5.41) is 5.49. The molecule has 152 valence electrons. The van der Waals surface area contributed by atoms with Gasteiger partial charge in [-0.1, -0.05) is 12.5 Å². The summed E-state index contributed by atoms with van der Waals surface area (Å²) in [5.41, 5.74) is 2.60. The molecule has 2 aliphatic rings. The Hall–Kier alpha value is -2.37. The van der Waals surface area contributed by atoms with Crippen molar-refractivity contribution in [3.8, 4) is 0 Å². The van der Waals surface area contributed by atoms with E-state index in [0.29, 0.717) is 11.5 Å². The topological polar surface area (TPSA) is 84.5 Å². The highest BCUT2D eigenvalue weighted by Crippen LogP contribution is 2.49. The minimum Gasteiger partial charge on any atom is -0.454 e. The Morgan fingerprint density at radius 3 is 2.57 bits per heavy atom. The first-order valence-electron chi connectivity index (χ1n) is 10.1. The summed E-state index contributed by atoms with van der Waals surface area (Å²) in [5.74, 6) is 0.839. The standard InChI is InChI=1S/C22H30N2O4/c1-13-4-6-18(8-14(13)2)22(27)23-11-21(26)28-12-20(25)24-15(3)19-10-16-5-7-17(19)9-16/h4,6,8,15-17,19H,5,7,9-12H2,1-3H3,(H,23,27)(H,24,25)/t15-,16+,17+,19-/m1/s1. The van der Waals surface area contributed by atoms with Crippen LogP contribution in [0.3, 0.4) is 0 Å². The maximum absolute atomic E-state index is 12.1. The van der Waals surface area contributed by atoms with Gasteiger partial charge in [0.1, 0.15) is 6.54 Å². The van der Waals surface area contributed by atoms with Crippen LogP contribution in [-0.4, -0.2) is 37.0 Å². The van der Waals surface area contributed by atoms with Gasteiger partial charge >= 0.3 is 5.97 Å². The number of carbonyl (C=O) groups is 3. The average molecular weight is 386 g/mol. The van der Waals surface area contributed by atoms with Crippen LogP contribution >= 0.6 is 0 Å². The largest absolute Gasteiger partial charge is 0.454 e.